The molecule has 1 atom stereocenters. The summed E-state index contributed by atoms with van der Waals surface area (Å²) in [5.74, 6) is 0.471. The molecule has 27 heavy (non-hydrogen) atoms. The monoisotopic (exact) mass is 376 g/mol. The van der Waals surface area contributed by atoms with Gasteiger partial charge in [0, 0.05) is 26.1 Å². The Bertz CT molecular complexity index is 730. The van der Waals surface area contributed by atoms with Gasteiger partial charge < -0.3 is 10.1 Å². The molecule has 1 aliphatic rings. The number of benzene rings is 1. The number of amides is 1. The van der Waals surface area contributed by atoms with Crippen molar-refractivity contribution >= 4 is 5.91 Å². The molecule has 0 radical (unpaired) electrons. The normalized spacial score (nSPS) is 16.2. The lowest BCUT2D eigenvalue weighted by atomic mass is 10.1. The van der Waals surface area contributed by atoms with Crippen molar-refractivity contribution in [2.75, 3.05) is 26.3 Å². The number of aromatic nitrogens is 4. The maximum absolute atomic E-state index is 13.0. The minimum absolute atomic E-state index is 0.0466. The first-order valence-electron chi connectivity index (χ1n) is 9.22. The van der Waals surface area contributed by atoms with Crippen LogP contribution < -0.4 is 5.32 Å². The average Bonchev–Trinajstić information content (AvgIpc) is 3.10. The molecule has 1 fully saturated rings. The van der Waals surface area contributed by atoms with E-state index >= 15 is 0 Å². The Morgan fingerprint density at radius 1 is 1.30 bits per heavy atom. The molecule has 1 aliphatic heterocycles. The summed E-state index contributed by atoms with van der Waals surface area (Å²) >= 11 is 0. The molecule has 1 amide bonds. The van der Waals surface area contributed by atoms with Gasteiger partial charge in [0.1, 0.15) is 5.82 Å². The molecule has 2 heterocycles. The Balaban J connectivity index is 1.42. The molecule has 146 valence electrons. The van der Waals surface area contributed by atoms with Gasteiger partial charge in [-0.2, -0.15) is 0 Å². The molecule has 0 bridgehead atoms. The topological polar surface area (TPSA) is 85.2 Å². The van der Waals surface area contributed by atoms with Gasteiger partial charge in [0.25, 0.3) is 0 Å². The summed E-state index contributed by atoms with van der Waals surface area (Å²) in [6, 6.07) is 5.98. The number of hydrogen-bond acceptors (Lipinski definition) is 6. The molecule has 0 saturated carbocycles. The summed E-state index contributed by atoms with van der Waals surface area (Å²) < 4.78 is 20.1. The summed E-state index contributed by atoms with van der Waals surface area (Å²) in [6.07, 6.45) is 1.02. The number of rotatable bonds is 8. The lowest BCUT2D eigenvalue weighted by Gasteiger charge is -2.25. The second-order valence-electron chi connectivity index (χ2n) is 6.65. The molecule has 1 unspecified atom stereocenters. The maximum Gasteiger partial charge on any atom is 0.220 e. The number of ether oxygens (including phenoxy) is 1. The highest BCUT2D eigenvalue weighted by Crippen LogP contribution is 2.13. The molecule has 1 saturated heterocycles. The van der Waals surface area contributed by atoms with Crippen LogP contribution in [0.25, 0.3) is 0 Å². The van der Waals surface area contributed by atoms with E-state index in [4.69, 9.17) is 4.74 Å². The van der Waals surface area contributed by atoms with Crippen molar-refractivity contribution in [2.45, 2.75) is 38.9 Å². The predicted molar refractivity (Wildman–Crippen MR) is 96.1 cm³/mol. The number of nitrogens with zero attached hydrogens (tertiary/aromatic N) is 5. The summed E-state index contributed by atoms with van der Waals surface area (Å²) in [5, 5.41) is 14.8. The Morgan fingerprint density at radius 3 is 2.78 bits per heavy atom. The Hall–Kier alpha value is -2.39. The van der Waals surface area contributed by atoms with E-state index in [1.54, 1.807) is 16.8 Å². The molecular weight excluding hydrogens is 351 g/mol. The van der Waals surface area contributed by atoms with Gasteiger partial charge in [0.15, 0.2) is 5.82 Å². The second kappa shape index (κ2) is 9.52. The van der Waals surface area contributed by atoms with E-state index in [9.17, 15) is 9.18 Å². The highest BCUT2D eigenvalue weighted by Gasteiger charge is 2.15. The summed E-state index contributed by atoms with van der Waals surface area (Å²) in [6.45, 7) is 6.36. The van der Waals surface area contributed by atoms with Crippen molar-refractivity contribution in [3.8, 4) is 0 Å². The van der Waals surface area contributed by atoms with Crippen LogP contribution in [0.4, 0.5) is 4.39 Å². The maximum atomic E-state index is 13.0. The zero-order valence-corrected chi connectivity index (χ0v) is 15.5. The smallest absolute Gasteiger partial charge is 0.220 e. The number of aryl methyl sites for hydroxylation is 1. The fraction of sp³-hybridized carbons (Fsp3) is 0.556. The molecule has 1 aromatic heterocycles. The van der Waals surface area contributed by atoms with E-state index < -0.39 is 0 Å². The van der Waals surface area contributed by atoms with Gasteiger partial charge in [-0.15, -0.1) is 5.10 Å². The van der Waals surface area contributed by atoms with Crippen molar-refractivity contribution in [3.05, 3.63) is 41.5 Å². The number of carbonyl (C=O) groups excluding carboxylic acids is 1. The third kappa shape index (κ3) is 5.80. The van der Waals surface area contributed by atoms with Gasteiger partial charge in [-0.25, -0.2) is 9.07 Å². The van der Waals surface area contributed by atoms with Crippen LogP contribution in [-0.4, -0.2) is 57.3 Å². The molecule has 0 aliphatic carbocycles. The van der Waals surface area contributed by atoms with Crippen molar-refractivity contribution < 1.29 is 13.9 Å². The Kier molecular flexibility index (Phi) is 6.83. The number of halogens is 1. The van der Waals surface area contributed by atoms with Gasteiger partial charge in [-0.1, -0.05) is 12.1 Å². The SMILES string of the molecule is CC(NC(=O)CCCn1nnnc1CN1CCOCC1)c1ccc(F)cc1. The highest BCUT2D eigenvalue weighted by molar-refractivity contribution is 5.76. The minimum atomic E-state index is -0.286. The Morgan fingerprint density at radius 2 is 2.04 bits per heavy atom. The van der Waals surface area contributed by atoms with Crippen LogP contribution in [0.3, 0.4) is 0 Å². The molecule has 3 rings (SSSR count). The third-order valence-electron chi connectivity index (χ3n) is 4.60. The largest absolute Gasteiger partial charge is 0.379 e. The van der Waals surface area contributed by atoms with Crippen LogP contribution >= 0.6 is 0 Å². The first-order valence-corrected chi connectivity index (χ1v) is 9.22. The number of nitrogens with one attached hydrogen (secondary N) is 1. The average molecular weight is 376 g/mol. The van der Waals surface area contributed by atoms with Gasteiger partial charge in [0.2, 0.25) is 5.91 Å². The highest BCUT2D eigenvalue weighted by atomic mass is 19.1. The lowest BCUT2D eigenvalue weighted by Crippen LogP contribution is -2.36. The Labute approximate surface area is 157 Å². The fourth-order valence-electron chi connectivity index (χ4n) is 3.01. The first kappa shape index (κ1) is 19.4. The van der Waals surface area contributed by atoms with Gasteiger partial charge in [0.05, 0.1) is 25.8 Å². The van der Waals surface area contributed by atoms with Crippen LogP contribution in [0.1, 0.15) is 37.2 Å². The summed E-state index contributed by atoms with van der Waals surface area (Å²) in [5.41, 5.74) is 0.873. The van der Waals surface area contributed by atoms with E-state index in [2.05, 4.69) is 25.7 Å². The van der Waals surface area contributed by atoms with Crippen molar-refractivity contribution in [1.82, 2.24) is 30.4 Å². The van der Waals surface area contributed by atoms with E-state index in [0.29, 0.717) is 25.9 Å². The van der Waals surface area contributed by atoms with Gasteiger partial charge >= 0.3 is 0 Å². The summed E-state index contributed by atoms with van der Waals surface area (Å²) in [7, 11) is 0. The molecule has 2 aromatic rings. The predicted octanol–water partition coefficient (Wildman–Crippen LogP) is 1.30. The molecular formula is C18H25FN6O2. The number of carbonyl (C=O) groups is 1. The van der Waals surface area contributed by atoms with Crippen molar-refractivity contribution in [1.29, 1.82) is 0 Å². The lowest BCUT2D eigenvalue weighted by molar-refractivity contribution is -0.121. The molecule has 0 spiro atoms. The number of tetrazole rings is 1. The van der Waals surface area contributed by atoms with Crippen LogP contribution in [0.5, 0.6) is 0 Å². The van der Waals surface area contributed by atoms with Crippen LogP contribution in [0.2, 0.25) is 0 Å². The standard InChI is InChI=1S/C18H25FN6O2/c1-14(15-4-6-16(19)7-5-15)20-18(26)3-2-8-25-17(21-22-23-25)13-24-9-11-27-12-10-24/h4-7,14H,2-3,8-13H2,1H3,(H,20,26). The van der Waals surface area contributed by atoms with Gasteiger partial charge in [-0.05, 0) is 41.5 Å². The zero-order valence-electron chi connectivity index (χ0n) is 15.5. The quantitative estimate of drug-likeness (QED) is 0.748. The fourth-order valence-corrected chi connectivity index (χ4v) is 3.01. The van der Waals surface area contributed by atoms with E-state index in [0.717, 1.165) is 37.7 Å². The molecule has 1 aromatic carbocycles. The molecule has 1 N–H and O–H groups in total. The van der Waals surface area contributed by atoms with Gasteiger partial charge in [-0.3, -0.25) is 9.69 Å². The van der Waals surface area contributed by atoms with Crippen LogP contribution in [0.15, 0.2) is 24.3 Å². The minimum Gasteiger partial charge on any atom is -0.379 e. The van der Waals surface area contributed by atoms with E-state index in [-0.39, 0.29) is 17.8 Å². The third-order valence-corrected chi connectivity index (χ3v) is 4.60. The zero-order chi connectivity index (χ0) is 19.1. The van der Waals surface area contributed by atoms with Crippen molar-refractivity contribution in [2.24, 2.45) is 0 Å². The van der Waals surface area contributed by atoms with E-state index in [1.165, 1.54) is 12.1 Å². The number of morpholine rings is 1. The van der Waals surface area contributed by atoms with Crippen LogP contribution in [0, 0.1) is 5.82 Å². The first-order chi connectivity index (χ1) is 13.1. The second-order valence-corrected chi connectivity index (χ2v) is 6.65. The molecule has 9 heteroatoms. The van der Waals surface area contributed by atoms with Crippen LogP contribution in [-0.2, 0) is 22.6 Å². The molecule has 8 nitrogen and oxygen atoms in total. The van der Waals surface area contributed by atoms with Crippen molar-refractivity contribution in [3.63, 3.8) is 0 Å². The van der Waals surface area contributed by atoms with E-state index in [1.807, 2.05) is 6.92 Å². The number of hydrogen-bond donors (Lipinski definition) is 1. The summed E-state index contributed by atoms with van der Waals surface area (Å²) in [4.78, 5) is 14.4.